The van der Waals surface area contributed by atoms with Gasteiger partial charge in [0.05, 0.1) is 6.04 Å². The monoisotopic (exact) mass is 349 g/mol. The summed E-state index contributed by atoms with van der Waals surface area (Å²) >= 11 is 0. The van der Waals surface area contributed by atoms with E-state index in [-0.39, 0.29) is 6.04 Å². The standard InChI is InChI=1S/C24H19N3/c25-27-26-23-15-19(16-6-2-1-3-7-16)14-18-11-12-21-20-9-5-4-8-17(20)10-13-22(21)24(18)23/h1-13,19,23H,14-15H2/t19-,23+/m1/s1. The van der Waals surface area contributed by atoms with E-state index in [9.17, 15) is 5.53 Å². The van der Waals surface area contributed by atoms with Crippen molar-refractivity contribution in [1.29, 1.82) is 0 Å². The summed E-state index contributed by atoms with van der Waals surface area (Å²) in [7, 11) is 0. The van der Waals surface area contributed by atoms with E-state index in [0.29, 0.717) is 5.92 Å². The summed E-state index contributed by atoms with van der Waals surface area (Å²) in [5.74, 6) is 0.382. The number of nitrogens with zero attached hydrogens (tertiary/aromatic N) is 3. The molecule has 1 aliphatic rings. The molecule has 0 spiro atoms. The average Bonchev–Trinajstić information content (AvgIpc) is 2.73. The van der Waals surface area contributed by atoms with Gasteiger partial charge >= 0.3 is 0 Å². The van der Waals surface area contributed by atoms with Crippen LogP contribution in [0.5, 0.6) is 0 Å². The quantitative estimate of drug-likeness (QED) is 0.161. The van der Waals surface area contributed by atoms with Crippen LogP contribution < -0.4 is 0 Å². The minimum Gasteiger partial charge on any atom is -0.0859 e. The molecular weight excluding hydrogens is 330 g/mol. The molecule has 0 radical (unpaired) electrons. The molecule has 0 saturated carbocycles. The van der Waals surface area contributed by atoms with Gasteiger partial charge in [-0.15, -0.1) is 0 Å². The Morgan fingerprint density at radius 1 is 0.778 bits per heavy atom. The highest BCUT2D eigenvalue weighted by molar-refractivity contribution is 6.08. The molecule has 0 fully saturated rings. The minimum absolute atomic E-state index is 0.131. The summed E-state index contributed by atoms with van der Waals surface area (Å²) in [6.07, 6.45) is 1.84. The number of benzene rings is 4. The fourth-order valence-electron chi connectivity index (χ4n) is 4.61. The number of azide groups is 1. The van der Waals surface area contributed by atoms with Crippen LogP contribution >= 0.6 is 0 Å². The molecule has 2 atom stereocenters. The first-order valence-electron chi connectivity index (χ1n) is 9.37. The maximum absolute atomic E-state index is 9.20. The number of hydrogen-bond donors (Lipinski definition) is 0. The van der Waals surface area contributed by atoms with Crippen molar-refractivity contribution in [3.8, 4) is 0 Å². The Morgan fingerprint density at radius 2 is 1.56 bits per heavy atom. The SMILES string of the molecule is [N-]=[N+]=N[C@H]1C[C@H](c2ccccc2)Cc2ccc3c(ccc4ccccc43)c21. The van der Waals surface area contributed by atoms with Crippen molar-refractivity contribution in [2.24, 2.45) is 5.11 Å². The Balaban J connectivity index is 1.72. The van der Waals surface area contributed by atoms with Crippen LogP contribution in [0.1, 0.15) is 35.1 Å². The molecule has 4 aromatic carbocycles. The van der Waals surface area contributed by atoms with E-state index >= 15 is 0 Å². The van der Waals surface area contributed by atoms with Crippen LogP contribution in [0.15, 0.2) is 84.0 Å². The van der Waals surface area contributed by atoms with Crippen molar-refractivity contribution in [3.05, 3.63) is 106 Å². The third-order valence-corrected chi connectivity index (χ3v) is 5.83. The van der Waals surface area contributed by atoms with Crippen LogP contribution in [0.3, 0.4) is 0 Å². The lowest BCUT2D eigenvalue weighted by Crippen LogP contribution is -2.16. The number of rotatable bonds is 2. The van der Waals surface area contributed by atoms with Gasteiger partial charge in [-0.1, -0.05) is 84.0 Å². The van der Waals surface area contributed by atoms with E-state index in [2.05, 4.69) is 82.8 Å². The van der Waals surface area contributed by atoms with Crippen LogP contribution in [0.25, 0.3) is 32.0 Å². The maximum Gasteiger partial charge on any atom is 0.0640 e. The smallest absolute Gasteiger partial charge is 0.0640 e. The highest BCUT2D eigenvalue weighted by atomic mass is 15.1. The summed E-state index contributed by atoms with van der Waals surface area (Å²) < 4.78 is 0. The molecule has 130 valence electrons. The van der Waals surface area contributed by atoms with Gasteiger partial charge in [-0.2, -0.15) is 0 Å². The zero-order chi connectivity index (χ0) is 18.2. The third kappa shape index (κ3) is 2.64. The van der Waals surface area contributed by atoms with Crippen molar-refractivity contribution in [1.82, 2.24) is 0 Å². The summed E-state index contributed by atoms with van der Waals surface area (Å²) in [6, 6.07) is 27.7. The topological polar surface area (TPSA) is 48.8 Å². The van der Waals surface area contributed by atoms with Gasteiger partial charge in [0.25, 0.3) is 0 Å². The van der Waals surface area contributed by atoms with Crippen molar-refractivity contribution in [3.63, 3.8) is 0 Å². The first kappa shape index (κ1) is 15.9. The predicted octanol–water partition coefficient (Wildman–Crippen LogP) is 7.07. The van der Waals surface area contributed by atoms with Gasteiger partial charge < -0.3 is 0 Å². The van der Waals surface area contributed by atoms with Crippen molar-refractivity contribution < 1.29 is 0 Å². The normalized spacial score (nSPS) is 18.8. The Bertz CT molecular complexity index is 1190. The molecule has 5 rings (SSSR count). The molecule has 1 aliphatic carbocycles. The van der Waals surface area contributed by atoms with Crippen LogP contribution in [-0.4, -0.2) is 0 Å². The molecule has 0 aliphatic heterocycles. The third-order valence-electron chi connectivity index (χ3n) is 5.83. The van der Waals surface area contributed by atoms with Crippen molar-refractivity contribution in [2.75, 3.05) is 0 Å². The Morgan fingerprint density at radius 3 is 2.41 bits per heavy atom. The van der Waals surface area contributed by atoms with Crippen LogP contribution in [0, 0.1) is 0 Å². The second kappa shape index (κ2) is 6.46. The van der Waals surface area contributed by atoms with Crippen LogP contribution in [0.4, 0.5) is 0 Å². The Kier molecular flexibility index (Phi) is 3.81. The molecule has 3 nitrogen and oxygen atoms in total. The maximum atomic E-state index is 9.20. The lowest BCUT2D eigenvalue weighted by atomic mass is 9.76. The molecule has 0 N–H and O–H groups in total. The zero-order valence-corrected chi connectivity index (χ0v) is 14.9. The highest BCUT2D eigenvalue weighted by Gasteiger charge is 2.29. The molecule has 0 bridgehead atoms. The second-order valence-corrected chi connectivity index (χ2v) is 7.29. The van der Waals surface area contributed by atoms with Gasteiger partial charge in [0, 0.05) is 4.91 Å². The highest BCUT2D eigenvalue weighted by Crippen LogP contribution is 2.44. The molecule has 0 heterocycles. The summed E-state index contributed by atoms with van der Waals surface area (Å²) in [5, 5.41) is 9.16. The van der Waals surface area contributed by atoms with Crippen molar-refractivity contribution in [2.45, 2.75) is 24.8 Å². The fraction of sp³-hybridized carbons (Fsp3) is 0.167. The molecule has 0 amide bonds. The van der Waals surface area contributed by atoms with Gasteiger partial charge in [-0.05, 0) is 62.5 Å². The van der Waals surface area contributed by atoms with E-state index in [1.807, 2.05) is 6.07 Å². The summed E-state index contributed by atoms with van der Waals surface area (Å²) in [4.78, 5) is 3.18. The molecule has 0 saturated heterocycles. The largest absolute Gasteiger partial charge is 0.0859 e. The minimum atomic E-state index is -0.131. The lowest BCUT2D eigenvalue weighted by molar-refractivity contribution is 0.505. The van der Waals surface area contributed by atoms with Gasteiger partial charge in [-0.25, -0.2) is 0 Å². The number of hydrogen-bond acceptors (Lipinski definition) is 1. The van der Waals surface area contributed by atoms with Crippen LogP contribution in [0.2, 0.25) is 0 Å². The van der Waals surface area contributed by atoms with E-state index in [1.54, 1.807) is 0 Å². The Labute approximate surface area is 157 Å². The zero-order valence-electron chi connectivity index (χ0n) is 14.9. The summed E-state index contributed by atoms with van der Waals surface area (Å²) in [6.45, 7) is 0. The fourth-order valence-corrected chi connectivity index (χ4v) is 4.61. The van der Waals surface area contributed by atoms with Gasteiger partial charge in [0.15, 0.2) is 0 Å². The number of fused-ring (bicyclic) bond motifs is 5. The summed E-state index contributed by atoms with van der Waals surface area (Å²) in [5.41, 5.74) is 13.0. The molecule has 0 aromatic heterocycles. The molecule has 3 heteroatoms. The van der Waals surface area contributed by atoms with Gasteiger partial charge in [0.2, 0.25) is 0 Å². The Hall–Kier alpha value is -3.29. The predicted molar refractivity (Wildman–Crippen MR) is 111 cm³/mol. The molecule has 4 aromatic rings. The van der Waals surface area contributed by atoms with E-state index in [1.165, 1.54) is 38.2 Å². The van der Waals surface area contributed by atoms with Crippen molar-refractivity contribution >= 4 is 21.5 Å². The van der Waals surface area contributed by atoms with Gasteiger partial charge in [0.1, 0.15) is 0 Å². The van der Waals surface area contributed by atoms with Gasteiger partial charge in [-0.3, -0.25) is 0 Å². The van der Waals surface area contributed by atoms with E-state index < -0.39 is 0 Å². The van der Waals surface area contributed by atoms with Crippen LogP contribution in [-0.2, 0) is 6.42 Å². The van der Waals surface area contributed by atoms with E-state index in [0.717, 1.165) is 12.8 Å². The molecule has 27 heavy (non-hydrogen) atoms. The average molecular weight is 349 g/mol. The first-order valence-corrected chi connectivity index (χ1v) is 9.37. The molecular formula is C24H19N3. The first-order chi connectivity index (χ1) is 13.3. The van der Waals surface area contributed by atoms with E-state index in [4.69, 9.17) is 0 Å². The lowest BCUT2D eigenvalue weighted by Gasteiger charge is -2.31. The molecule has 0 unspecified atom stereocenters. The second-order valence-electron chi connectivity index (χ2n) is 7.29.